The number of nitrogens with one attached hydrogen (secondary N) is 1. The highest BCUT2D eigenvalue weighted by molar-refractivity contribution is 6.83. The summed E-state index contributed by atoms with van der Waals surface area (Å²) in [4.78, 5) is 41.3. The van der Waals surface area contributed by atoms with Gasteiger partial charge in [-0.05, 0) is 30.2 Å². The van der Waals surface area contributed by atoms with Crippen LogP contribution < -0.4 is 0 Å². The fraction of sp³-hybridized carbons (Fsp3) is 0.0833. The molecule has 5 nitrogen and oxygen atoms in total. The molecular weight excluding hydrogens is 258 g/mol. The Balaban J connectivity index is 0.000000492. The molecule has 1 aromatic heterocycles. The fourth-order valence-corrected chi connectivity index (χ4v) is 1.64. The summed E-state index contributed by atoms with van der Waals surface area (Å²) in [5.41, 5.74) is 2.24. The molecular formula is C12H8ClNO4. The van der Waals surface area contributed by atoms with Gasteiger partial charge in [-0.15, -0.1) is 0 Å². The number of Topliss-reactive ketones (excluding diaryl/α,β-unsaturated/α-hetero) is 1. The first kappa shape index (κ1) is 13.8. The second kappa shape index (κ2) is 5.91. The van der Waals surface area contributed by atoms with E-state index in [0.717, 1.165) is 16.5 Å². The molecule has 0 spiro atoms. The predicted octanol–water partition coefficient (Wildman–Crippen LogP) is 1.84. The Morgan fingerprint density at radius 3 is 2.44 bits per heavy atom. The minimum Gasteiger partial charge on any atom is -0.360 e. The van der Waals surface area contributed by atoms with E-state index in [2.05, 4.69) is 4.98 Å². The van der Waals surface area contributed by atoms with Crippen molar-refractivity contribution in [3.05, 3.63) is 35.5 Å². The van der Waals surface area contributed by atoms with Crippen LogP contribution in [0.4, 0.5) is 0 Å². The number of H-pyrrole nitrogens is 1. The van der Waals surface area contributed by atoms with Crippen molar-refractivity contribution in [2.24, 2.45) is 0 Å². The number of aryl methyl sites for hydroxylation is 1. The second-order valence-corrected chi connectivity index (χ2v) is 3.78. The molecule has 0 unspecified atom stereocenters. The molecule has 0 aliphatic carbocycles. The molecule has 0 aliphatic rings. The van der Waals surface area contributed by atoms with Gasteiger partial charge in [0.1, 0.15) is 0 Å². The lowest BCUT2D eigenvalue weighted by Gasteiger charge is -1.95. The van der Waals surface area contributed by atoms with Gasteiger partial charge in [0.2, 0.25) is 5.78 Å². The van der Waals surface area contributed by atoms with Crippen molar-refractivity contribution in [2.75, 3.05) is 0 Å². The average Bonchev–Trinajstić information content (AvgIpc) is 2.71. The van der Waals surface area contributed by atoms with Crippen LogP contribution in [0.1, 0.15) is 15.9 Å². The summed E-state index contributed by atoms with van der Waals surface area (Å²) in [6.45, 7) is 1.95. The van der Waals surface area contributed by atoms with Crippen molar-refractivity contribution in [1.29, 1.82) is 0 Å². The number of carbonyl (C=O) groups excluding carboxylic acids is 4. The SMILES string of the molecule is Cc1ccc2c(C(=O)C(=O)Cl)c[nH]c2c1.O=C=O. The van der Waals surface area contributed by atoms with E-state index in [1.807, 2.05) is 19.1 Å². The van der Waals surface area contributed by atoms with Gasteiger partial charge in [-0.2, -0.15) is 9.59 Å². The molecule has 0 bridgehead atoms. The highest BCUT2D eigenvalue weighted by Gasteiger charge is 2.17. The topological polar surface area (TPSA) is 84.1 Å². The van der Waals surface area contributed by atoms with Crippen molar-refractivity contribution in [1.82, 2.24) is 4.98 Å². The third-order valence-electron chi connectivity index (χ3n) is 2.26. The summed E-state index contributed by atoms with van der Waals surface area (Å²) in [7, 11) is 0. The van der Waals surface area contributed by atoms with Crippen molar-refractivity contribution in [3.63, 3.8) is 0 Å². The molecule has 0 aliphatic heterocycles. The molecule has 1 N–H and O–H groups in total. The summed E-state index contributed by atoms with van der Waals surface area (Å²) < 4.78 is 0. The van der Waals surface area contributed by atoms with Crippen LogP contribution >= 0.6 is 11.6 Å². The maximum absolute atomic E-state index is 11.4. The summed E-state index contributed by atoms with van der Waals surface area (Å²) in [5.74, 6) is -0.674. The number of carbonyl (C=O) groups is 2. The molecule has 0 saturated heterocycles. The van der Waals surface area contributed by atoms with Crippen molar-refractivity contribution >= 4 is 39.7 Å². The van der Waals surface area contributed by atoms with Crippen molar-refractivity contribution in [3.8, 4) is 0 Å². The van der Waals surface area contributed by atoms with E-state index in [1.54, 1.807) is 6.07 Å². The second-order valence-electron chi connectivity index (χ2n) is 3.44. The Labute approximate surface area is 107 Å². The van der Waals surface area contributed by atoms with Crippen molar-refractivity contribution < 1.29 is 19.2 Å². The zero-order chi connectivity index (χ0) is 13.7. The monoisotopic (exact) mass is 265 g/mol. The lowest BCUT2D eigenvalue weighted by atomic mass is 10.1. The maximum Gasteiger partial charge on any atom is 0.373 e. The first-order chi connectivity index (χ1) is 8.51. The van der Waals surface area contributed by atoms with Crippen LogP contribution in [0.2, 0.25) is 0 Å². The van der Waals surface area contributed by atoms with E-state index in [0.29, 0.717) is 5.56 Å². The number of ketones is 1. The van der Waals surface area contributed by atoms with Gasteiger partial charge >= 0.3 is 6.15 Å². The number of hydrogen-bond acceptors (Lipinski definition) is 4. The first-order valence-electron chi connectivity index (χ1n) is 4.82. The van der Waals surface area contributed by atoms with Crippen LogP contribution in [0.15, 0.2) is 24.4 Å². The van der Waals surface area contributed by atoms with Gasteiger partial charge < -0.3 is 4.98 Å². The van der Waals surface area contributed by atoms with Gasteiger partial charge in [0.15, 0.2) is 0 Å². The summed E-state index contributed by atoms with van der Waals surface area (Å²) >= 11 is 5.15. The molecule has 1 aromatic carbocycles. The predicted molar refractivity (Wildman–Crippen MR) is 63.2 cm³/mol. The molecule has 1 heterocycles. The average molecular weight is 266 g/mol. The lowest BCUT2D eigenvalue weighted by molar-refractivity contribution is -0.191. The number of aromatic amines is 1. The fourth-order valence-electron chi connectivity index (χ4n) is 1.53. The van der Waals surface area contributed by atoms with Crippen LogP contribution in [-0.4, -0.2) is 22.2 Å². The zero-order valence-corrected chi connectivity index (χ0v) is 10.1. The molecule has 2 rings (SSSR count). The number of aromatic nitrogens is 1. The molecule has 0 fully saturated rings. The zero-order valence-electron chi connectivity index (χ0n) is 9.32. The van der Waals surface area contributed by atoms with E-state index < -0.39 is 11.0 Å². The van der Waals surface area contributed by atoms with Crippen LogP contribution in [-0.2, 0) is 14.4 Å². The Hall–Kier alpha value is -2.23. The maximum atomic E-state index is 11.4. The summed E-state index contributed by atoms with van der Waals surface area (Å²) in [6, 6.07) is 5.59. The minimum absolute atomic E-state index is 0.250. The number of benzene rings is 1. The third kappa shape index (κ3) is 2.91. The Bertz CT molecular complexity index is 639. The normalized spacial score (nSPS) is 9.22. The smallest absolute Gasteiger partial charge is 0.360 e. The van der Waals surface area contributed by atoms with Gasteiger partial charge in [-0.25, -0.2) is 0 Å². The molecule has 0 atom stereocenters. The Morgan fingerprint density at radius 2 is 1.89 bits per heavy atom. The quantitative estimate of drug-likeness (QED) is 0.510. The van der Waals surface area contributed by atoms with Crippen LogP contribution in [0, 0.1) is 6.92 Å². The Kier molecular flexibility index (Phi) is 4.54. The van der Waals surface area contributed by atoms with Gasteiger partial charge in [0.05, 0.1) is 5.56 Å². The lowest BCUT2D eigenvalue weighted by Crippen LogP contribution is -2.06. The van der Waals surface area contributed by atoms with E-state index in [-0.39, 0.29) is 6.15 Å². The first-order valence-corrected chi connectivity index (χ1v) is 5.20. The van der Waals surface area contributed by atoms with Crippen LogP contribution in [0.5, 0.6) is 0 Å². The number of rotatable bonds is 2. The van der Waals surface area contributed by atoms with E-state index in [9.17, 15) is 9.59 Å². The highest BCUT2D eigenvalue weighted by Crippen LogP contribution is 2.20. The Morgan fingerprint density at radius 1 is 1.28 bits per heavy atom. The summed E-state index contributed by atoms with van der Waals surface area (Å²) in [6.07, 6.45) is 1.76. The van der Waals surface area contributed by atoms with Gasteiger partial charge in [0.25, 0.3) is 5.24 Å². The molecule has 92 valence electrons. The van der Waals surface area contributed by atoms with E-state index in [1.165, 1.54) is 6.20 Å². The molecule has 0 saturated carbocycles. The van der Waals surface area contributed by atoms with Crippen LogP contribution in [0.3, 0.4) is 0 Å². The standard InChI is InChI=1S/C11H8ClNO2.CO2/c1-6-2-3-7-8(10(14)11(12)15)5-13-9(7)4-6;2-1-3/h2-5,13H,1H3;. The van der Waals surface area contributed by atoms with Gasteiger partial charge in [-0.3, -0.25) is 9.59 Å². The molecule has 18 heavy (non-hydrogen) atoms. The third-order valence-corrected chi connectivity index (χ3v) is 2.43. The van der Waals surface area contributed by atoms with Gasteiger partial charge in [-0.1, -0.05) is 12.1 Å². The highest BCUT2D eigenvalue weighted by atomic mass is 35.5. The summed E-state index contributed by atoms with van der Waals surface area (Å²) in [5, 5.41) is -0.240. The van der Waals surface area contributed by atoms with Crippen LogP contribution in [0.25, 0.3) is 10.9 Å². The molecule has 0 radical (unpaired) electrons. The van der Waals surface area contributed by atoms with Gasteiger partial charge in [0, 0.05) is 17.1 Å². The van der Waals surface area contributed by atoms with E-state index in [4.69, 9.17) is 21.2 Å². The molecule has 0 amide bonds. The minimum atomic E-state index is -0.962. The van der Waals surface area contributed by atoms with Crippen molar-refractivity contribution in [2.45, 2.75) is 6.92 Å². The number of hydrogen-bond donors (Lipinski definition) is 1. The molecule has 2 aromatic rings. The molecule has 6 heteroatoms. The number of halogens is 1. The largest absolute Gasteiger partial charge is 0.373 e. The number of fused-ring (bicyclic) bond motifs is 1. The van der Waals surface area contributed by atoms with E-state index >= 15 is 0 Å².